The zero-order chi connectivity index (χ0) is 22.4. The third kappa shape index (κ3) is 5.39. The molecule has 3 rings (SSSR count). The fraction of sp³-hybridized carbons (Fsp3) is 0.320. The predicted octanol–water partition coefficient (Wildman–Crippen LogP) is 3.62. The van der Waals surface area contributed by atoms with Gasteiger partial charge < -0.3 is 10.6 Å². The van der Waals surface area contributed by atoms with Gasteiger partial charge in [0.1, 0.15) is 0 Å². The van der Waals surface area contributed by atoms with E-state index < -0.39 is 0 Å². The number of hydrogen-bond acceptors (Lipinski definition) is 4. The number of carbonyl (C=O) groups excluding carboxylic acids is 1. The van der Waals surface area contributed by atoms with Gasteiger partial charge in [0.2, 0.25) is 12.4 Å². The van der Waals surface area contributed by atoms with Crippen molar-refractivity contribution in [3.63, 3.8) is 0 Å². The lowest BCUT2D eigenvalue weighted by Gasteiger charge is -2.34. The number of nitriles is 1. The average molecular weight is 416 g/mol. The van der Waals surface area contributed by atoms with Crippen LogP contribution in [-0.2, 0) is 4.79 Å². The highest BCUT2D eigenvalue weighted by atomic mass is 16.1. The van der Waals surface area contributed by atoms with Gasteiger partial charge in [0.25, 0.3) is 0 Å². The summed E-state index contributed by atoms with van der Waals surface area (Å²) in [6.07, 6.45) is 2.50. The molecule has 0 spiro atoms. The van der Waals surface area contributed by atoms with Crippen LogP contribution in [0.2, 0.25) is 0 Å². The number of allylic oxidation sites excluding steroid dienone is 1. The minimum Gasteiger partial charge on any atom is -0.342 e. The van der Waals surface area contributed by atoms with Crippen LogP contribution < -0.4 is 5.73 Å². The third-order valence-electron chi connectivity index (χ3n) is 5.64. The van der Waals surface area contributed by atoms with Crippen LogP contribution in [-0.4, -0.2) is 48.3 Å². The maximum atomic E-state index is 11.7. The molecule has 31 heavy (non-hydrogen) atoms. The Morgan fingerprint density at radius 3 is 2.26 bits per heavy atom. The first-order valence-electron chi connectivity index (χ1n) is 10.5. The normalized spacial score (nSPS) is 15.8. The van der Waals surface area contributed by atoms with Gasteiger partial charge in [-0.05, 0) is 50.0 Å². The molecule has 1 saturated heterocycles. The fourth-order valence-corrected chi connectivity index (χ4v) is 3.63. The molecule has 0 saturated carbocycles. The number of nitrogens with two attached hydrogens (primary N) is 1. The van der Waals surface area contributed by atoms with Crippen molar-refractivity contribution in [2.45, 2.75) is 32.7 Å². The standard InChI is InChI=1S/C25H29N5O/c1-18-4-8-21(9-5-18)19(2)24(22-10-6-20(16-26)7-11-22)28-25(29(3)17-31)30-14-12-23(27)13-15-30/h4-11,17,23H,12-15,27H2,1-3H3/b24-19+,28-25?. The Hall–Kier alpha value is -3.43. The lowest BCUT2D eigenvalue weighted by atomic mass is 9.99. The van der Waals surface area contributed by atoms with Crippen molar-refractivity contribution in [1.82, 2.24) is 9.80 Å². The molecule has 2 N–H and O–H groups in total. The zero-order valence-corrected chi connectivity index (χ0v) is 18.4. The molecule has 1 aliphatic heterocycles. The second-order valence-corrected chi connectivity index (χ2v) is 7.98. The number of amides is 1. The highest BCUT2D eigenvalue weighted by molar-refractivity contribution is 5.98. The quantitative estimate of drug-likeness (QED) is 0.358. The summed E-state index contributed by atoms with van der Waals surface area (Å²) in [5, 5.41) is 9.17. The summed E-state index contributed by atoms with van der Waals surface area (Å²) >= 11 is 0. The summed E-state index contributed by atoms with van der Waals surface area (Å²) in [7, 11) is 1.72. The second kappa shape index (κ2) is 10.1. The van der Waals surface area contributed by atoms with Crippen molar-refractivity contribution < 1.29 is 4.79 Å². The van der Waals surface area contributed by atoms with E-state index in [0.29, 0.717) is 11.5 Å². The van der Waals surface area contributed by atoms with Gasteiger partial charge in [-0.1, -0.05) is 42.0 Å². The summed E-state index contributed by atoms with van der Waals surface area (Å²) in [6.45, 7) is 5.60. The van der Waals surface area contributed by atoms with Crippen molar-refractivity contribution in [2.24, 2.45) is 10.7 Å². The lowest BCUT2D eigenvalue weighted by Crippen LogP contribution is -2.48. The molecule has 160 valence electrons. The Kier molecular flexibility index (Phi) is 7.22. The van der Waals surface area contributed by atoms with Crippen LogP contribution in [0, 0.1) is 18.3 Å². The minimum atomic E-state index is 0.182. The number of carbonyl (C=O) groups is 1. The molecule has 0 radical (unpaired) electrons. The average Bonchev–Trinajstić information content (AvgIpc) is 2.80. The summed E-state index contributed by atoms with van der Waals surface area (Å²) in [4.78, 5) is 20.3. The van der Waals surface area contributed by atoms with Crippen LogP contribution in [0.4, 0.5) is 0 Å². The number of aryl methyl sites for hydroxylation is 1. The Labute approximate surface area is 184 Å². The predicted molar refractivity (Wildman–Crippen MR) is 125 cm³/mol. The van der Waals surface area contributed by atoms with E-state index in [2.05, 4.69) is 42.2 Å². The smallest absolute Gasteiger partial charge is 0.216 e. The first kappa shape index (κ1) is 22.3. The molecule has 1 amide bonds. The molecule has 6 heteroatoms. The van der Waals surface area contributed by atoms with Gasteiger partial charge in [-0.25, -0.2) is 4.99 Å². The number of likely N-dealkylation sites (tertiary alicyclic amines) is 1. The molecule has 0 aliphatic carbocycles. The Balaban J connectivity index is 2.15. The van der Waals surface area contributed by atoms with Crippen LogP contribution in [0.25, 0.3) is 11.3 Å². The summed E-state index contributed by atoms with van der Waals surface area (Å²) in [5.74, 6) is 0.604. The number of nitrogens with zero attached hydrogens (tertiary/aromatic N) is 4. The van der Waals surface area contributed by atoms with E-state index in [0.717, 1.165) is 54.7 Å². The van der Waals surface area contributed by atoms with E-state index in [-0.39, 0.29) is 6.04 Å². The number of guanidine groups is 1. The zero-order valence-electron chi connectivity index (χ0n) is 18.4. The van der Waals surface area contributed by atoms with Gasteiger partial charge in [0.15, 0.2) is 0 Å². The SMILES string of the molecule is C/C(=C(\N=C(N(C)C=O)N1CCC(N)CC1)c1ccc(C#N)cc1)c1ccc(C)cc1. The molecule has 0 atom stereocenters. The van der Waals surface area contributed by atoms with Crippen molar-refractivity contribution in [1.29, 1.82) is 5.26 Å². The molecule has 1 heterocycles. The minimum absolute atomic E-state index is 0.182. The maximum absolute atomic E-state index is 11.7. The van der Waals surface area contributed by atoms with Crippen molar-refractivity contribution in [2.75, 3.05) is 20.1 Å². The Morgan fingerprint density at radius 1 is 1.13 bits per heavy atom. The topological polar surface area (TPSA) is 85.7 Å². The molecule has 2 aromatic rings. The largest absolute Gasteiger partial charge is 0.342 e. The van der Waals surface area contributed by atoms with Crippen LogP contribution in [0.1, 0.15) is 42.0 Å². The van der Waals surface area contributed by atoms with Crippen molar-refractivity contribution in [3.05, 3.63) is 70.8 Å². The highest BCUT2D eigenvalue weighted by Gasteiger charge is 2.23. The fourth-order valence-electron chi connectivity index (χ4n) is 3.63. The monoisotopic (exact) mass is 415 g/mol. The van der Waals surface area contributed by atoms with Crippen molar-refractivity contribution >= 4 is 23.6 Å². The molecular formula is C25H29N5O. The molecular weight excluding hydrogens is 386 g/mol. The van der Waals surface area contributed by atoms with Crippen LogP contribution in [0.15, 0.2) is 53.5 Å². The van der Waals surface area contributed by atoms with Crippen LogP contribution >= 0.6 is 0 Å². The van der Waals surface area contributed by atoms with Gasteiger partial charge in [-0.2, -0.15) is 5.26 Å². The van der Waals surface area contributed by atoms with E-state index >= 15 is 0 Å². The molecule has 0 unspecified atom stereocenters. The van der Waals surface area contributed by atoms with Crippen LogP contribution in [0.3, 0.4) is 0 Å². The molecule has 0 bridgehead atoms. The van der Waals surface area contributed by atoms with Gasteiger partial charge in [0, 0.05) is 31.7 Å². The summed E-state index contributed by atoms with van der Waals surface area (Å²) < 4.78 is 0. The first-order valence-corrected chi connectivity index (χ1v) is 10.5. The van der Waals surface area contributed by atoms with Crippen molar-refractivity contribution in [3.8, 4) is 6.07 Å². The maximum Gasteiger partial charge on any atom is 0.216 e. The van der Waals surface area contributed by atoms with E-state index in [9.17, 15) is 4.79 Å². The first-order chi connectivity index (χ1) is 14.9. The van der Waals surface area contributed by atoms with E-state index in [1.807, 2.05) is 19.1 Å². The number of piperidine rings is 1. The van der Waals surface area contributed by atoms with Gasteiger partial charge in [-0.3, -0.25) is 9.69 Å². The van der Waals surface area contributed by atoms with E-state index in [1.54, 1.807) is 19.2 Å². The Bertz CT molecular complexity index is 1010. The van der Waals surface area contributed by atoms with E-state index in [4.69, 9.17) is 16.0 Å². The molecule has 0 aromatic heterocycles. The lowest BCUT2D eigenvalue weighted by molar-refractivity contribution is -0.114. The second-order valence-electron chi connectivity index (χ2n) is 7.98. The van der Waals surface area contributed by atoms with Gasteiger partial charge in [0.05, 0.1) is 17.3 Å². The summed E-state index contributed by atoms with van der Waals surface area (Å²) in [5.41, 5.74) is 11.6. The Morgan fingerprint density at radius 2 is 1.71 bits per heavy atom. The van der Waals surface area contributed by atoms with Gasteiger partial charge >= 0.3 is 0 Å². The van der Waals surface area contributed by atoms with Gasteiger partial charge in [-0.15, -0.1) is 0 Å². The number of rotatable bonds is 4. The molecule has 1 aliphatic rings. The molecule has 1 fully saturated rings. The molecule has 2 aromatic carbocycles. The highest BCUT2D eigenvalue weighted by Crippen LogP contribution is 2.29. The van der Waals surface area contributed by atoms with E-state index in [1.165, 1.54) is 10.5 Å². The summed E-state index contributed by atoms with van der Waals surface area (Å²) in [6, 6.07) is 18.0. The molecule has 6 nitrogen and oxygen atoms in total. The van der Waals surface area contributed by atoms with Crippen LogP contribution in [0.5, 0.6) is 0 Å². The number of benzene rings is 2. The number of aliphatic imine (C=N–C) groups is 1. The third-order valence-corrected chi connectivity index (χ3v) is 5.64. The number of hydrogen-bond donors (Lipinski definition) is 1.